The molecule has 214 valence electrons. The highest BCUT2D eigenvalue weighted by atomic mass is 16.6. The Morgan fingerprint density at radius 2 is 1.77 bits per heavy atom. The summed E-state index contributed by atoms with van der Waals surface area (Å²) >= 11 is 0. The second-order valence-electron chi connectivity index (χ2n) is 11.2. The number of rotatable bonds is 11. The monoisotopic (exact) mass is 541 g/mol. The van der Waals surface area contributed by atoms with Crippen molar-refractivity contribution in [2.45, 2.75) is 103 Å². The molecule has 0 aliphatic carbocycles. The molecule has 0 radical (unpaired) electrons. The predicted octanol–water partition coefficient (Wildman–Crippen LogP) is 6.77. The maximum atomic E-state index is 12.2. The number of aliphatic imine (C=N–C) groups is 1. The number of benzene rings is 1. The average Bonchev–Trinajstić information content (AvgIpc) is 3.54. The topological polar surface area (TPSA) is 130 Å². The number of carbonyl (C=O) groups is 2. The summed E-state index contributed by atoms with van der Waals surface area (Å²) in [5.41, 5.74) is 1.45. The Morgan fingerprint density at radius 1 is 1.10 bits per heavy atom. The van der Waals surface area contributed by atoms with Crippen LogP contribution in [-0.4, -0.2) is 57.0 Å². The molecular formula is C29H43N5O5. The first kappa shape index (κ1) is 30.1. The van der Waals surface area contributed by atoms with Gasteiger partial charge in [-0.1, -0.05) is 81.3 Å². The molecule has 0 saturated carbocycles. The van der Waals surface area contributed by atoms with E-state index in [4.69, 9.17) is 9.26 Å². The van der Waals surface area contributed by atoms with Crippen molar-refractivity contribution in [1.29, 1.82) is 0 Å². The van der Waals surface area contributed by atoms with E-state index in [9.17, 15) is 14.7 Å². The highest BCUT2D eigenvalue weighted by molar-refractivity contribution is 5.98. The summed E-state index contributed by atoms with van der Waals surface area (Å²) in [5.74, 6) is 0.800. The van der Waals surface area contributed by atoms with Gasteiger partial charge in [-0.15, -0.1) is 4.99 Å². The van der Waals surface area contributed by atoms with Gasteiger partial charge in [0, 0.05) is 18.7 Å². The summed E-state index contributed by atoms with van der Waals surface area (Å²) in [4.78, 5) is 33.6. The van der Waals surface area contributed by atoms with Gasteiger partial charge < -0.3 is 19.3 Å². The first-order valence-electron chi connectivity index (χ1n) is 14.1. The van der Waals surface area contributed by atoms with Crippen LogP contribution in [0.2, 0.25) is 0 Å². The number of nitrogens with one attached hydrogen (secondary N) is 1. The van der Waals surface area contributed by atoms with E-state index in [0.717, 1.165) is 12.0 Å². The molecule has 39 heavy (non-hydrogen) atoms. The molecule has 3 rings (SSSR count). The fraction of sp³-hybridized carbons (Fsp3) is 0.621. The minimum atomic E-state index is -1.31. The van der Waals surface area contributed by atoms with E-state index in [1.807, 2.05) is 12.1 Å². The molecular weight excluding hydrogens is 498 g/mol. The van der Waals surface area contributed by atoms with Crippen molar-refractivity contribution in [2.75, 3.05) is 13.1 Å². The molecule has 1 saturated heterocycles. The van der Waals surface area contributed by atoms with Crippen molar-refractivity contribution in [2.24, 2.45) is 4.99 Å². The minimum Gasteiger partial charge on any atom is -0.465 e. The van der Waals surface area contributed by atoms with Crippen LogP contribution in [0.15, 0.2) is 33.8 Å². The Labute approximate surface area is 231 Å². The zero-order chi connectivity index (χ0) is 28.3. The molecule has 0 spiro atoms. The quantitative estimate of drug-likeness (QED) is 0.181. The number of carbonyl (C=O) groups excluding carboxylic acids is 1. The summed E-state index contributed by atoms with van der Waals surface area (Å²) in [7, 11) is 0. The molecule has 1 aromatic heterocycles. The third-order valence-electron chi connectivity index (χ3n) is 6.62. The molecule has 0 bridgehead atoms. The van der Waals surface area contributed by atoms with Crippen LogP contribution in [0.1, 0.15) is 103 Å². The number of hydrogen-bond acceptors (Lipinski definition) is 6. The van der Waals surface area contributed by atoms with Gasteiger partial charge in [0.15, 0.2) is 0 Å². The maximum Gasteiger partial charge on any atom is 0.437 e. The van der Waals surface area contributed by atoms with E-state index in [2.05, 4.69) is 39.5 Å². The number of aromatic nitrogens is 2. The summed E-state index contributed by atoms with van der Waals surface area (Å²) in [5, 5.41) is 15.6. The molecule has 2 N–H and O–H groups in total. The van der Waals surface area contributed by atoms with Crippen LogP contribution in [0.4, 0.5) is 9.59 Å². The Balaban J connectivity index is 1.52. The van der Waals surface area contributed by atoms with Crippen LogP contribution in [0.3, 0.4) is 0 Å². The van der Waals surface area contributed by atoms with E-state index in [-0.39, 0.29) is 11.9 Å². The summed E-state index contributed by atoms with van der Waals surface area (Å²) < 4.78 is 10.8. The highest BCUT2D eigenvalue weighted by Crippen LogP contribution is 2.28. The number of hydrogen-bond donors (Lipinski definition) is 2. The zero-order valence-electron chi connectivity index (χ0n) is 23.7. The highest BCUT2D eigenvalue weighted by Gasteiger charge is 2.32. The van der Waals surface area contributed by atoms with Crippen LogP contribution in [-0.2, 0) is 11.2 Å². The number of nitrogens with zero attached hydrogens (tertiary/aromatic N) is 4. The number of carboxylic acid groups (broad SMARTS) is 1. The van der Waals surface area contributed by atoms with Crippen molar-refractivity contribution >= 4 is 18.1 Å². The summed E-state index contributed by atoms with van der Waals surface area (Å²) in [6, 6.07) is 8.30. The fourth-order valence-corrected chi connectivity index (χ4v) is 4.60. The smallest absolute Gasteiger partial charge is 0.437 e. The van der Waals surface area contributed by atoms with Gasteiger partial charge in [-0.3, -0.25) is 5.32 Å². The van der Waals surface area contributed by atoms with Crippen LogP contribution >= 0.6 is 0 Å². The predicted molar refractivity (Wildman–Crippen MR) is 150 cm³/mol. The normalized spacial score (nSPS) is 15.9. The number of ether oxygens (including phenoxy) is 1. The number of guanidine groups is 1. The van der Waals surface area contributed by atoms with Crippen molar-refractivity contribution < 1.29 is 24.0 Å². The van der Waals surface area contributed by atoms with E-state index < -0.39 is 17.8 Å². The Kier molecular flexibility index (Phi) is 11.3. The van der Waals surface area contributed by atoms with Crippen molar-refractivity contribution in [3.8, 4) is 11.4 Å². The van der Waals surface area contributed by atoms with Gasteiger partial charge in [0.2, 0.25) is 17.7 Å². The van der Waals surface area contributed by atoms with Gasteiger partial charge in [-0.2, -0.15) is 4.98 Å². The van der Waals surface area contributed by atoms with Gasteiger partial charge in [-0.25, -0.2) is 9.59 Å². The van der Waals surface area contributed by atoms with Crippen LogP contribution in [0.25, 0.3) is 11.4 Å². The van der Waals surface area contributed by atoms with Crippen molar-refractivity contribution in [3.05, 3.63) is 35.7 Å². The van der Waals surface area contributed by atoms with Crippen molar-refractivity contribution in [3.63, 3.8) is 0 Å². The Morgan fingerprint density at radius 3 is 2.41 bits per heavy atom. The van der Waals surface area contributed by atoms with E-state index in [1.165, 1.54) is 56.9 Å². The molecule has 1 aliphatic rings. The standard InChI is InChI=1S/C29H43N5O5/c1-5-6-7-8-9-10-11-12-13-21-14-16-22(17-15-21)24-30-25(39-33-24)23-18-19-34(20-23)26(31-27(35)36)32-28(37)38-29(2,3)4/h14-17,23H,5-13,18-20H2,1-4H3,(H,35,36)(H,31,32,37)/t23-/m1/s1. The van der Waals surface area contributed by atoms with Crippen LogP contribution < -0.4 is 5.32 Å². The molecule has 2 aromatic rings. The number of likely N-dealkylation sites (tertiary alicyclic amines) is 1. The number of unbranched alkanes of at least 4 members (excludes halogenated alkanes) is 7. The van der Waals surface area contributed by atoms with Gasteiger partial charge in [0.05, 0.1) is 5.92 Å². The largest absolute Gasteiger partial charge is 0.465 e. The molecule has 1 fully saturated rings. The van der Waals surface area contributed by atoms with E-state index >= 15 is 0 Å². The van der Waals surface area contributed by atoms with Gasteiger partial charge >= 0.3 is 12.2 Å². The SMILES string of the molecule is CCCCCCCCCCc1ccc(-c2noc([C@@H]3CCN(/C(=N/C(=O)OC(C)(C)C)NC(=O)O)C3)n2)cc1. The van der Waals surface area contributed by atoms with Crippen molar-refractivity contribution in [1.82, 2.24) is 20.4 Å². The number of amides is 2. The van der Waals surface area contributed by atoms with Crippen LogP contribution in [0.5, 0.6) is 0 Å². The second kappa shape index (κ2) is 14.6. The Hall–Kier alpha value is -3.43. The molecule has 2 amide bonds. The average molecular weight is 542 g/mol. The molecule has 2 heterocycles. The molecule has 1 atom stereocenters. The van der Waals surface area contributed by atoms with E-state index in [0.29, 0.717) is 31.2 Å². The lowest BCUT2D eigenvalue weighted by atomic mass is 10.0. The molecule has 10 heteroatoms. The molecule has 0 unspecified atom stereocenters. The van der Waals surface area contributed by atoms with Crippen LogP contribution in [0, 0.1) is 0 Å². The maximum absolute atomic E-state index is 12.2. The second-order valence-corrected chi connectivity index (χ2v) is 11.2. The number of aryl methyl sites for hydroxylation is 1. The fourth-order valence-electron chi connectivity index (χ4n) is 4.60. The third-order valence-corrected chi connectivity index (χ3v) is 6.62. The lowest BCUT2D eigenvalue weighted by Gasteiger charge is -2.21. The minimum absolute atomic E-state index is 0.0777. The molecule has 1 aliphatic heterocycles. The van der Waals surface area contributed by atoms with Gasteiger partial charge in [0.25, 0.3) is 0 Å². The van der Waals surface area contributed by atoms with Gasteiger partial charge in [0.1, 0.15) is 5.60 Å². The molecule has 1 aromatic carbocycles. The summed E-state index contributed by atoms with van der Waals surface area (Å²) in [6.45, 7) is 8.24. The molecule has 10 nitrogen and oxygen atoms in total. The summed E-state index contributed by atoms with van der Waals surface area (Å²) in [6.07, 6.45) is 10.0. The lowest BCUT2D eigenvalue weighted by Crippen LogP contribution is -2.43. The van der Waals surface area contributed by atoms with Gasteiger partial charge in [-0.05, 0) is 45.6 Å². The lowest BCUT2D eigenvalue weighted by molar-refractivity contribution is 0.0601. The third kappa shape index (κ3) is 10.3. The first-order valence-corrected chi connectivity index (χ1v) is 14.1. The zero-order valence-corrected chi connectivity index (χ0v) is 23.7. The first-order chi connectivity index (χ1) is 18.6. The Bertz CT molecular complexity index is 1090. The van der Waals surface area contributed by atoms with E-state index in [1.54, 1.807) is 25.7 Å².